The summed E-state index contributed by atoms with van der Waals surface area (Å²) >= 11 is 0. The molecule has 1 aromatic heterocycles. The van der Waals surface area contributed by atoms with E-state index in [1.807, 2.05) is 50.1 Å². The van der Waals surface area contributed by atoms with Crippen LogP contribution >= 0.6 is 0 Å². The Balaban J connectivity index is 1.97. The lowest BCUT2D eigenvalue weighted by Crippen LogP contribution is -2.11. The van der Waals surface area contributed by atoms with Crippen molar-refractivity contribution in [2.45, 2.75) is 20.0 Å². The topological polar surface area (TPSA) is 16.4 Å². The van der Waals surface area contributed by atoms with Gasteiger partial charge < -0.3 is 9.32 Å². The molecule has 138 valence electrons. The fourth-order valence-corrected chi connectivity index (χ4v) is 3.60. The van der Waals surface area contributed by atoms with Crippen LogP contribution in [0.1, 0.15) is 16.7 Å². The number of benzene rings is 3. The van der Waals surface area contributed by atoms with E-state index in [0.29, 0.717) is 16.4 Å². The normalized spacial score (nSPS) is 12.1. The molecule has 5 heteroatoms. The number of para-hydroxylation sites is 2. The van der Waals surface area contributed by atoms with E-state index in [1.54, 1.807) is 12.1 Å². The Morgan fingerprint density at radius 1 is 0.815 bits per heavy atom. The Kier molecular flexibility index (Phi) is 3.91. The maximum atomic E-state index is 13.4. The number of fused-ring (bicyclic) bond motifs is 3. The molecule has 0 bridgehead atoms. The summed E-state index contributed by atoms with van der Waals surface area (Å²) < 4.78 is 46.0. The first-order valence-corrected chi connectivity index (χ1v) is 8.60. The quantitative estimate of drug-likeness (QED) is 0.379. The van der Waals surface area contributed by atoms with Gasteiger partial charge in [0.05, 0.1) is 11.3 Å². The zero-order chi connectivity index (χ0) is 19.3. The van der Waals surface area contributed by atoms with Crippen molar-refractivity contribution in [3.05, 3.63) is 71.3 Å². The van der Waals surface area contributed by atoms with E-state index >= 15 is 0 Å². The van der Waals surface area contributed by atoms with Crippen molar-refractivity contribution in [2.75, 3.05) is 11.9 Å². The molecule has 4 rings (SSSR count). The number of halogens is 3. The Morgan fingerprint density at radius 3 is 2.15 bits per heavy atom. The minimum absolute atomic E-state index is 0.124. The number of hydrogen-bond donors (Lipinski definition) is 0. The second-order valence-electron chi connectivity index (χ2n) is 6.78. The van der Waals surface area contributed by atoms with Gasteiger partial charge in [-0.15, -0.1) is 0 Å². The summed E-state index contributed by atoms with van der Waals surface area (Å²) in [4.78, 5) is 1.95. The van der Waals surface area contributed by atoms with Gasteiger partial charge in [0.2, 0.25) is 0 Å². The highest BCUT2D eigenvalue weighted by molar-refractivity contribution is 6.10. The molecule has 27 heavy (non-hydrogen) atoms. The Labute approximate surface area is 154 Å². The number of anilines is 2. The molecule has 0 unspecified atom stereocenters. The zero-order valence-electron chi connectivity index (χ0n) is 15.2. The van der Waals surface area contributed by atoms with Crippen LogP contribution in [0.5, 0.6) is 0 Å². The molecular weight excluding hydrogens is 351 g/mol. The molecule has 0 aliphatic heterocycles. The van der Waals surface area contributed by atoms with Gasteiger partial charge in [-0.05, 0) is 37.6 Å². The molecule has 0 aliphatic rings. The van der Waals surface area contributed by atoms with Gasteiger partial charge in [-0.2, -0.15) is 13.2 Å². The van der Waals surface area contributed by atoms with Gasteiger partial charge in [-0.25, -0.2) is 0 Å². The molecule has 0 saturated carbocycles. The lowest BCUT2D eigenvalue weighted by molar-refractivity contribution is -0.136. The summed E-state index contributed by atoms with van der Waals surface area (Å²) in [5.74, 6) is 0. The Hall–Kier alpha value is -2.95. The van der Waals surface area contributed by atoms with E-state index in [1.165, 1.54) is 6.07 Å². The average molecular weight is 369 g/mol. The van der Waals surface area contributed by atoms with Crippen molar-refractivity contribution in [3.63, 3.8) is 0 Å². The van der Waals surface area contributed by atoms with Crippen molar-refractivity contribution in [1.29, 1.82) is 0 Å². The molecule has 0 N–H and O–H groups in total. The predicted octanol–water partition coefficient (Wildman–Crippen LogP) is 6.99. The molecule has 0 radical (unpaired) electrons. The first kappa shape index (κ1) is 17.5. The summed E-state index contributed by atoms with van der Waals surface area (Å²) in [5, 5.41) is 1.14. The van der Waals surface area contributed by atoms with Crippen molar-refractivity contribution >= 4 is 33.3 Å². The summed E-state index contributed by atoms with van der Waals surface area (Å²) in [6.07, 6.45) is -4.47. The van der Waals surface area contributed by atoms with Crippen LogP contribution in [0.2, 0.25) is 0 Å². The molecule has 1 heterocycles. The second kappa shape index (κ2) is 6.05. The van der Waals surface area contributed by atoms with Crippen LogP contribution in [0, 0.1) is 13.8 Å². The van der Waals surface area contributed by atoms with Crippen molar-refractivity contribution in [1.82, 2.24) is 0 Å². The SMILES string of the molecule is Cc1ccc(N(C)c2cccc3c2oc2c(C(F)(F)F)cccc23)c(C)c1. The van der Waals surface area contributed by atoms with Gasteiger partial charge in [0.1, 0.15) is 5.58 Å². The third kappa shape index (κ3) is 2.83. The highest BCUT2D eigenvalue weighted by atomic mass is 19.4. The van der Waals surface area contributed by atoms with E-state index in [4.69, 9.17) is 4.42 Å². The number of rotatable bonds is 2. The Bertz CT molecular complexity index is 1160. The van der Waals surface area contributed by atoms with Crippen LogP contribution in [0.15, 0.2) is 59.0 Å². The smallest absolute Gasteiger partial charge is 0.420 e. The largest absolute Gasteiger partial charge is 0.453 e. The first-order valence-electron chi connectivity index (χ1n) is 8.60. The molecule has 4 aromatic rings. The third-order valence-corrected chi connectivity index (χ3v) is 4.88. The molecule has 0 saturated heterocycles. The van der Waals surface area contributed by atoms with Crippen molar-refractivity contribution in [3.8, 4) is 0 Å². The average Bonchev–Trinajstić information content (AvgIpc) is 2.99. The van der Waals surface area contributed by atoms with Crippen LogP contribution < -0.4 is 4.90 Å². The van der Waals surface area contributed by atoms with Crippen LogP contribution in [-0.4, -0.2) is 7.05 Å². The number of furan rings is 1. The second-order valence-corrected chi connectivity index (χ2v) is 6.78. The predicted molar refractivity (Wildman–Crippen MR) is 103 cm³/mol. The van der Waals surface area contributed by atoms with Gasteiger partial charge in [-0.3, -0.25) is 0 Å². The third-order valence-electron chi connectivity index (χ3n) is 4.88. The molecule has 2 nitrogen and oxygen atoms in total. The number of alkyl halides is 3. The highest BCUT2D eigenvalue weighted by Crippen LogP contribution is 2.42. The summed E-state index contributed by atoms with van der Waals surface area (Å²) in [7, 11) is 1.89. The molecule has 3 aromatic carbocycles. The van der Waals surface area contributed by atoms with Gasteiger partial charge in [0.25, 0.3) is 0 Å². The highest BCUT2D eigenvalue weighted by Gasteiger charge is 2.34. The van der Waals surface area contributed by atoms with Crippen molar-refractivity contribution < 1.29 is 17.6 Å². The van der Waals surface area contributed by atoms with Crippen molar-refractivity contribution in [2.24, 2.45) is 0 Å². The minimum atomic E-state index is -4.47. The molecular formula is C22H18F3NO. The molecule has 0 fully saturated rings. The first-order chi connectivity index (χ1) is 12.8. The van der Waals surface area contributed by atoms with E-state index in [2.05, 4.69) is 6.07 Å². The monoisotopic (exact) mass is 369 g/mol. The maximum absolute atomic E-state index is 13.4. The van der Waals surface area contributed by atoms with Crippen LogP contribution in [0.4, 0.5) is 24.5 Å². The van der Waals surface area contributed by atoms with Gasteiger partial charge >= 0.3 is 6.18 Å². The van der Waals surface area contributed by atoms with E-state index in [0.717, 1.165) is 28.6 Å². The molecule has 0 atom stereocenters. The lowest BCUT2D eigenvalue weighted by atomic mass is 10.1. The van der Waals surface area contributed by atoms with E-state index in [9.17, 15) is 13.2 Å². The van der Waals surface area contributed by atoms with E-state index < -0.39 is 11.7 Å². The number of hydrogen-bond acceptors (Lipinski definition) is 2. The van der Waals surface area contributed by atoms with Crippen LogP contribution in [0.3, 0.4) is 0 Å². The molecule has 0 amide bonds. The van der Waals surface area contributed by atoms with Crippen LogP contribution in [0.25, 0.3) is 21.9 Å². The van der Waals surface area contributed by atoms with E-state index in [-0.39, 0.29) is 5.58 Å². The number of nitrogens with zero attached hydrogens (tertiary/aromatic N) is 1. The fraction of sp³-hybridized carbons (Fsp3) is 0.182. The standard InChI is InChI=1S/C22H18F3NO/c1-13-10-11-18(14(2)12-13)26(3)19-9-5-7-16-15-6-4-8-17(22(23,24)25)20(15)27-21(16)19/h4-12H,1-3H3. The van der Waals surface area contributed by atoms with Gasteiger partial charge in [-0.1, -0.05) is 42.0 Å². The lowest BCUT2D eigenvalue weighted by Gasteiger charge is -2.22. The van der Waals surface area contributed by atoms with Gasteiger partial charge in [0.15, 0.2) is 5.58 Å². The zero-order valence-corrected chi connectivity index (χ0v) is 15.2. The molecule has 0 aliphatic carbocycles. The maximum Gasteiger partial charge on any atom is 0.420 e. The summed E-state index contributed by atoms with van der Waals surface area (Å²) in [6.45, 7) is 4.04. The summed E-state index contributed by atoms with van der Waals surface area (Å²) in [5.41, 5.74) is 3.51. The number of aryl methyl sites for hydroxylation is 2. The summed E-state index contributed by atoms with van der Waals surface area (Å²) in [6, 6.07) is 15.7. The Morgan fingerprint density at radius 2 is 1.48 bits per heavy atom. The van der Waals surface area contributed by atoms with Gasteiger partial charge in [0, 0.05) is 23.5 Å². The van der Waals surface area contributed by atoms with Crippen LogP contribution in [-0.2, 0) is 6.18 Å². The molecule has 0 spiro atoms. The minimum Gasteiger partial charge on any atom is -0.453 e. The fourth-order valence-electron chi connectivity index (χ4n) is 3.60.